The summed E-state index contributed by atoms with van der Waals surface area (Å²) in [6, 6.07) is 5.29. The molecule has 162 valence electrons. The summed E-state index contributed by atoms with van der Waals surface area (Å²) in [4.78, 5) is 19.6. The van der Waals surface area contributed by atoms with Gasteiger partial charge >= 0.3 is 0 Å². The zero-order chi connectivity index (χ0) is 22.2. The van der Waals surface area contributed by atoms with E-state index in [1.807, 2.05) is 13.8 Å². The van der Waals surface area contributed by atoms with E-state index in [-0.39, 0.29) is 40.0 Å². The molecule has 1 aromatic carbocycles. The number of sulfonamides is 1. The molecule has 3 aromatic rings. The van der Waals surface area contributed by atoms with E-state index < -0.39 is 16.1 Å². The fourth-order valence-corrected chi connectivity index (χ4v) is 4.84. The molecule has 1 aliphatic rings. The predicted octanol–water partition coefficient (Wildman–Crippen LogP) is 2.79. The zero-order valence-electron chi connectivity index (χ0n) is 16.5. The van der Waals surface area contributed by atoms with Gasteiger partial charge in [0.25, 0.3) is 5.91 Å². The number of nitrogens with one attached hydrogen (secondary N) is 2. The van der Waals surface area contributed by atoms with E-state index in [0.717, 1.165) is 0 Å². The van der Waals surface area contributed by atoms with Crippen LogP contribution in [0, 0.1) is 5.92 Å². The van der Waals surface area contributed by atoms with Gasteiger partial charge < -0.3 is 14.6 Å². The van der Waals surface area contributed by atoms with Gasteiger partial charge in [0.1, 0.15) is 16.7 Å². The molecule has 0 saturated heterocycles. The summed E-state index contributed by atoms with van der Waals surface area (Å²) in [5, 5.41) is 6.44. The molecule has 1 aliphatic heterocycles. The van der Waals surface area contributed by atoms with Gasteiger partial charge in [-0.3, -0.25) is 9.78 Å². The molecule has 0 spiro atoms. The van der Waals surface area contributed by atoms with E-state index in [1.54, 1.807) is 24.5 Å². The third-order valence-corrected chi connectivity index (χ3v) is 6.44. The normalized spacial score (nSPS) is 14.6. The first-order chi connectivity index (χ1) is 14.7. The van der Waals surface area contributed by atoms with Crippen molar-refractivity contribution >= 4 is 33.2 Å². The van der Waals surface area contributed by atoms with Crippen molar-refractivity contribution in [3.63, 3.8) is 0 Å². The van der Waals surface area contributed by atoms with Crippen LogP contribution in [-0.2, 0) is 14.8 Å². The molecule has 0 aliphatic carbocycles. The molecule has 31 heavy (non-hydrogen) atoms. The second-order valence-electron chi connectivity index (χ2n) is 7.16. The largest absolute Gasteiger partial charge is 0.482 e. The first-order valence-corrected chi connectivity index (χ1v) is 11.1. The summed E-state index contributed by atoms with van der Waals surface area (Å²) in [7, 11) is -4.10. The molecule has 0 saturated carbocycles. The molecule has 1 amide bonds. The maximum atomic E-state index is 13.1. The van der Waals surface area contributed by atoms with Gasteiger partial charge in [-0.15, -0.1) is 0 Å². The molecule has 0 bridgehead atoms. The molecule has 10 nitrogen and oxygen atoms in total. The average molecular weight is 464 g/mol. The molecule has 0 fully saturated rings. The van der Waals surface area contributed by atoms with Gasteiger partial charge in [0, 0.05) is 24.0 Å². The van der Waals surface area contributed by atoms with Crippen LogP contribution in [0.5, 0.6) is 5.75 Å². The van der Waals surface area contributed by atoms with Crippen LogP contribution in [0.2, 0.25) is 5.02 Å². The Morgan fingerprint density at radius 2 is 2.10 bits per heavy atom. The standard InChI is InChI=1S/C19H18ClN5O5S/c1-10(2)17(19-23-18(24-30-19)11-4-3-5-21-8-11)25-31(27,28)15-7-14-13(6-12(15)20)22-16(26)9-29-14/h3-8,10,17,25H,9H2,1-2H3,(H,22,26). The Hall–Kier alpha value is -3.02. The predicted molar refractivity (Wildman–Crippen MR) is 111 cm³/mol. The molecule has 2 aromatic heterocycles. The minimum absolute atomic E-state index is 0.0684. The van der Waals surface area contributed by atoms with E-state index >= 15 is 0 Å². The summed E-state index contributed by atoms with van der Waals surface area (Å²) in [5.74, 6) is 0.0444. The smallest absolute Gasteiger partial charge is 0.262 e. The van der Waals surface area contributed by atoms with Crippen molar-refractivity contribution in [2.24, 2.45) is 5.92 Å². The number of pyridine rings is 1. The molecular weight excluding hydrogens is 446 g/mol. The van der Waals surface area contributed by atoms with Crippen LogP contribution in [0.3, 0.4) is 0 Å². The highest BCUT2D eigenvalue weighted by atomic mass is 35.5. The van der Waals surface area contributed by atoms with Crippen LogP contribution in [0.15, 0.2) is 46.1 Å². The van der Waals surface area contributed by atoms with Crippen molar-refractivity contribution in [1.82, 2.24) is 19.8 Å². The highest BCUT2D eigenvalue weighted by Gasteiger charge is 2.31. The van der Waals surface area contributed by atoms with Crippen molar-refractivity contribution in [2.75, 3.05) is 11.9 Å². The second-order valence-corrected chi connectivity index (χ2v) is 9.25. The Labute approximate surface area is 183 Å². The molecule has 2 N–H and O–H groups in total. The lowest BCUT2D eigenvalue weighted by atomic mass is 10.1. The molecule has 1 atom stereocenters. The lowest BCUT2D eigenvalue weighted by Gasteiger charge is -2.22. The van der Waals surface area contributed by atoms with Crippen LogP contribution >= 0.6 is 11.6 Å². The van der Waals surface area contributed by atoms with E-state index in [2.05, 4.69) is 25.2 Å². The number of aromatic nitrogens is 3. The molecule has 0 radical (unpaired) electrons. The van der Waals surface area contributed by atoms with Gasteiger partial charge in [-0.1, -0.05) is 30.6 Å². The number of rotatable bonds is 6. The highest BCUT2D eigenvalue weighted by Crippen LogP contribution is 2.36. The Morgan fingerprint density at radius 3 is 2.81 bits per heavy atom. The first-order valence-electron chi connectivity index (χ1n) is 9.27. The molecule has 12 heteroatoms. The number of hydrogen-bond donors (Lipinski definition) is 2. The SMILES string of the molecule is CC(C)C(NS(=O)(=O)c1cc2c(cc1Cl)NC(=O)CO2)c1nc(-c2cccnc2)no1. The van der Waals surface area contributed by atoms with Gasteiger partial charge in [0.2, 0.25) is 21.7 Å². The fourth-order valence-electron chi connectivity index (χ4n) is 2.96. The number of carbonyl (C=O) groups is 1. The lowest BCUT2D eigenvalue weighted by Crippen LogP contribution is -2.32. The zero-order valence-corrected chi connectivity index (χ0v) is 18.1. The number of carbonyl (C=O) groups excluding carboxylic acids is 1. The first kappa shape index (κ1) is 21.2. The fraction of sp³-hybridized carbons (Fsp3) is 0.263. The summed E-state index contributed by atoms with van der Waals surface area (Å²) in [6.45, 7) is 3.41. The van der Waals surface area contributed by atoms with Gasteiger partial charge in [0.05, 0.1) is 10.7 Å². The number of anilines is 1. The molecule has 4 rings (SSSR count). The van der Waals surface area contributed by atoms with E-state index in [4.69, 9.17) is 20.9 Å². The number of benzene rings is 1. The number of amides is 1. The van der Waals surface area contributed by atoms with Crippen LogP contribution < -0.4 is 14.8 Å². The number of halogens is 1. The van der Waals surface area contributed by atoms with Crippen LogP contribution in [0.4, 0.5) is 5.69 Å². The highest BCUT2D eigenvalue weighted by molar-refractivity contribution is 7.89. The summed E-state index contributed by atoms with van der Waals surface area (Å²) in [5.41, 5.74) is 0.943. The lowest BCUT2D eigenvalue weighted by molar-refractivity contribution is -0.118. The summed E-state index contributed by atoms with van der Waals surface area (Å²) >= 11 is 6.20. The quantitative estimate of drug-likeness (QED) is 0.569. The van der Waals surface area contributed by atoms with Crippen molar-refractivity contribution in [3.05, 3.63) is 47.6 Å². The Morgan fingerprint density at radius 1 is 1.29 bits per heavy atom. The van der Waals surface area contributed by atoms with Crippen molar-refractivity contribution in [1.29, 1.82) is 0 Å². The van der Waals surface area contributed by atoms with Crippen LogP contribution in [-0.4, -0.2) is 36.1 Å². The van der Waals surface area contributed by atoms with E-state index in [1.165, 1.54) is 12.1 Å². The number of nitrogens with zero attached hydrogens (tertiary/aromatic N) is 3. The monoisotopic (exact) mass is 463 g/mol. The summed E-state index contributed by atoms with van der Waals surface area (Å²) < 4.78 is 39.5. The van der Waals surface area contributed by atoms with Crippen molar-refractivity contribution in [3.8, 4) is 17.1 Å². The number of fused-ring (bicyclic) bond motifs is 1. The Kier molecular flexibility index (Phi) is 5.65. The van der Waals surface area contributed by atoms with Gasteiger partial charge in [0.15, 0.2) is 6.61 Å². The van der Waals surface area contributed by atoms with Crippen molar-refractivity contribution < 1.29 is 22.5 Å². The average Bonchev–Trinajstić information content (AvgIpc) is 3.21. The maximum absolute atomic E-state index is 13.1. The third kappa shape index (κ3) is 4.38. The van der Waals surface area contributed by atoms with Crippen LogP contribution in [0.25, 0.3) is 11.4 Å². The molecule has 1 unspecified atom stereocenters. The minimum Gasteiger partial charge on any atom is -0.482 e. The van der Waals surface area contributed by atoms with Crippen LogP contribution in [0.1, 0.15) is 25.8 Å². The van der Waals surface area contributed by atoms with E-state index in [0.29, 0.717) is 17.1 Å². The van der Waals surface area contributed by atoms with Crippen molar-refractivity contribution in [2.45, 2.75) is 24.8 Å². The Balaban J connectivity index is 1.64. The Bertz CT molecular complexity index is 1230. The molecule has 3 heterocycles. The number of ether oxygens (including phenoxy) is 1. The summed E-state index contributed by atoms with van der Waals surface area (Å²) in [6.07, 6.45) is 3.20. The maximum Gasteiger partial charge on any atom is 0.262 e. The second kappa shape index (κ2) is 8.25. The van der Waals surface area contributed by atoms with E-state index in [9.17, 15) is 13.2 Å². The third-order valence-electron chi connectivity index (χ3n) is 4.53. The molecular formula is C19H18ClN5O5S. The van der Waals surface area contributed by atoms with Gasteiger partial charge in [-0.05, 0) is 24.1 Å². The minimum atomic E-state index is -4.10. The topological polar surface area (TPSA) is 136 Å². The number of hydrogen-bond acceptors (Lipinski definition) is 8. The van der Waals surface area contributed by atoms with Gasteiger partial charge in [-0.2, -0.15) is 9.71 Å². The van der Waals surface area contributed by atoms with Gasteiger partial charge in [-0.25, -0.2) is 8.42 Å².